The predicted octanol–water partition coefficient (Wildman–Crippen LogP) is 0.516. The van der Waals surface area contributed by atoms with Gasteiger partial charge < -0.3 is 5.32 Å². The SMILES string of the molecule is CCC(N1CCNCC1)S(C)(=O)=O.Cl.Cl. The quantitative estimate of drug-likeness (QED) is 0.818. The lowest BCUT2D eigenvalue weighted by Gasteiger charge is -2.33. The topological polar surface area (TPSA) is 49.4 Å². The molecule has 0 radical (unpaired) electrons. The summed E-state index contributed by atoms with van der Waals surface area (Å²) in [6, 6.07) is 0. The molecule has 1 N–H and O–H groups in total. The lowest BCUT2D eigenvalue weighted by Crippen LogP contribution is -2.50. The van der Waals surface area contributed by atoms with Crippen molar-refractivity contribution >= 4 is 34.7 Å². The number of rotatable bonds is 3. The Balaban J connectivity index is 0. The first-order valence-corrected chi connectivity index (χ1v) is 6.64. The molecule has 1 saturated heterocycles. The second-order valence-corrected chi connectivity index (χ2v) is 5.68. The zero-order valence-corrected chi connectivity index (χ0v) is 11.6. The van der Waals surface area contributed by atoms with Crippen LogP contribution in [0, 0.1) is 0 Å². The van der Waals surface area contributed by atoms with Crippen molar-refractivity contribution in [2.75, 3.05) is 32.4 Å². The summed E-state index contributed by atoms with van der Waals surface area (Å²) in [6.07, 6.45) is 2.00. The highest BCUT2D eigenvalue weighted by atomic mass is 35.5. The van der Waals surface area contributed by atoms with Crippen LogP contribution in [-0.4, -0.2) is 51.1 Å². The Morgan fingerprint density at radius 3 is 2.07 bits per heavy atom. The van der Waals surface area contributed by atoms with Crippen molar-refractivity contribution in [3.8, 4) is 0 Å². The van der Waals surface area contributed by atoms with Gasteiger partial charge in [-0.2, -0.15) is 0 Å². The average Bonchev–Trinajstić information content (AvgIpc) is 2.05. The minimum atomic E-state index is -2.92. The Labute approximate surface area is 105 Å². The fourth-order valence-corrected chi connectivity index (χ4v) is 3.16. The number of nitrogens with zero attached hydrogens (tertiary/aromatic N) is 1. The molecule has 0 aromatic heterocycles. The van der Waals surface area contributed by atoms with E-state index in [1.165, 1.54) is 6.26 Å². The highest BCUT2D eigenvalue weighted by Crippen LogP contribution is 2.11. The average molecular weight is 279 g/mol. The van der Waals surface area contributed by atoms with Crippen molar-refractivity contribution in [1.82, 2.24) is 10.2 Å². The maximum absolute atomic E-state index is 11.4. The van der Waals surface area contributed by atoms with Crippen LogP contribution in [-0.2, 0) is 9.84 Å². The van der Waals surface area contributed by atoms with E-state index in [9.17, 15) is 8.42 Å². The van der Waals surface area contributed by atoms with Gasteiger partial charge in [-0.3, -0.25) is 4.90 Å². The molecule has 1 aliphatic heterocycles. The maximum Gasteiger partial charge on any atom is 0.163 e. The van der Waals surface area contributed by atoms with Gasteiger partial charge in [0.05, 0.1) is 0 Å². The number of halogens is 2. The van der Waals surface area contributed by atoms with E-state index in [-0.39, 0.29) is 30.2 Å². The summed E-state index contributed by atoms with van der Waals surface area (Å²) >= 11 is 0. The zero-order valence-electron chi connectivity index (χ0n) is 9.10. The molecule has 0 amide bonds. The highest BCUT2D eigenvalue weighted by Gasteiger charge is 2.26. The van der Waals surface area contributed by atoms with Crippen LogP contribution in [0.15, 0.2) is 0 Å². The van der Waals surface area contributed by atoms with Crippen molar-refractivity contribution in [2.24, 2.45) is 0 Å². The third kappa shape index (κ3) is 5.36. The number of sulfone groups is 1. The van der Waals surface area contributed by atoms with Gasteiger partial charge >= 0.3 is 0 Å². The molecule has 1 rings (SSSR count). The Morgan fingerprint density at radius 1 is 1.27 bits per heavy atom. The fourth-order valence-electron chi connectivity index (χ4n) is 1.80. The van der Waals surface area contributed by atoms with Gasteiger partial charge in [0.1, 0.15) is 5.37 Å². The molecule has 1 atom stereocenters. The van der Waals surface area contributed by atoms with Crippen molar-refractivity contribution < 1.29 is 8.42 Å². The number of hydrogen-bond donors (Lipinski definition) is 1. The standard InChI is InChI=1S/C8H18N2O2S.2ClH/c1-3-8(13(2,11)12)10-6-4-9-5-7-10;;/h8-9H,3-7H2,1-2H3;2*1H. The molecule has 1 unspecified atom stereocenters. The third-order valence-electron chi connectivity index (χ3n) is 2.40. The van der Waals surface area contributed by atoms with Crippen molar-refractivity contribution in [2.45, 2.75) is 18.7 Å². The van der Waals surface area contributed by atoms with Crippen molar-refractivity contribution in [3.63, 3.8) is 0 Å². The molecule has 15 heavy (non-hydrogen) atoms. The summed E-state index contributed by atoms with van der Waals surface area (Å²) in [7, 11) is -2.92. The number of hydrogen-bond acceptors (Lipinski definition) is 4. The number of nitrogens with one attached hydrogen (secondary N) is 1. The van der Waals surface area contributed by atoms with Crippen LogP contribution in [0.2, 0.25) is 0 Å². The Bertz CT molecular complexity index is 253. The van der Waals surface area contributed by atoms with Crippen LogP contribution < -0.4 is 5.32 Å². The van der Waals surface area contributed by atoms with Crippen LogP contribution in [0.5, 0.6) is 0 Å². The van der Waals surface area contributed by atoms with Gasteiger partial charge in [-0.05, 0) is 6.42 Å². The second kappa shape index (κ2) is 7.68. The molecule has 1 heterocycles. The Kier molecular flexibility index (Phi) is 9.13. The van der Waals surface area contributed by atoms with E-state index in [4.69, 9.17) is 0 Å². The van der Waals surface area contributed by atoms with E-state index in [1.807, 2.05) is 11.8 Å². The van der Waals surface area contributed by atoms with Gasteiger partial charge in [0.15, 0.2) is 9.84 Å². The van der Waals surface area contributed by atoms with Crippen LogP contribution >= 0.6 is 24.8 Å². The molecule has 4 nitrogen and oxygen atoms in total. The van der Waals surface area contributed by atoms with Gasteiger partial charge in [-0.25, -0.2) is 8.42 Å². The molecule has 7 heteroatoms. The summed E-state index contributed by atoms with van der Waals surface area (Å²) in [5.74, 6) is 0. The Morgan fingerprint density at radius 2 is 1.73 bits per heavy atom. The molecule has 94 valence electrons. The van der Waals surface area contributed by atoms with E-state index in [2.05, 4.69) is 5.32 Å². The van der Waals surface area contributed by atoms with Gasteiger partial charge in [-0.15, -0.1) is 24.8 Å². The Hall–Kier alpha value is 0.450. The van der Waals surface area contributed by atoms with Crippen LogP contribution in [0.25, 0.3) is 0 Å². The molecule has 0 aromatic rings. The summed E-state index contributed by atoms with van der Waals surface area (Å²) in [6.45, 7) is 5.39. The molecule has 1 fully saturated rings. The van der Waals surface area contributed by atoms with E-state index in [0.29, 0.717) is 6.42 Å². The van der Waals surface area contributed by atoms with Crippen molar-refractivity contribution in [3.05, 3.63) is 0 Å². The van der Waals surface area contributed by atoms with Gasteiger partial charge in [0.2, 0.25) is 0 Å². The van der Waals surface area contributed by atoms with Crippen LogP contribution in [0.4, 0.5) is 0 Å². The van der Waals surface area contributed by atoms with Gasteiger partial charge in [0, 0.05) is 32.4 Å². The summed E-state index contributed by atoms with van der Waals surface area (Å²) < 4.78 is 22.8. The molecule has 0 aliphatic carbocycles. The predicted molar refractivity (Wildman–Crippen MR) is 67.9 cm³/mol. The highest BCUT2D eigenvalue weighted by molar-refractivity contribution is 7.91. The second-order valence-electron chi connectivity index (χ2n) is 3.48. The van der Waals surface area contributed by atoms with E-state index in [1.54, 1.807) is 0 Å². The van der Waals surface area contributed by atoms with Crippen molar-refractivity contribution in [1.29, 1.82) is 0 Å². The van der Waals surface area contributed by atoms with Gasteiger partial charge in [-0.1, -0.05) is 6.92 Å². The molecular formula is C8H20Cl2N2O2S. The van der Waals surface area contributed by atoms with E-state index >= 15 is 0 Å². The van der Waals surface area contributed by atoms with Crippen LogP contribution in [0.3, 0.4) is 0 Å². The number of piperazine rings is 1. The first-order valence-electron chi connectivity index (χ1n) is 4.69. The van der Waals surface area contributed by atoms with E-state index in [0.717, 1.165) is 26.2 Å². The van der Waals surface area contributed by atoms with E-state index < -0.39 is 9.84 Å². The smallest absolute Gasteiger partial charge is 0.163 e. The summed E-state index contributed by atoms with van der Waals surface area (Å²) in [5.41, 5.74) is 0. The molecular weight excluding hydrogens is 259 g/mol. The molecule has 0 aromatic carbocycles. The molecule has 0 bridgehead atoms. The first kappa shape index (κ1) is 17.8. The molecule has 0 saturated carbocycles. The zero-order chi connectivity index (χ0) is 9.90. The maximum atomic E-state index is 11.4. The minimum Gasteiger partial charge on any atom is -0.314 e. The molecule has 0 spiro atoms. The summed E-state index contributed by atoms with van der Waals surface area (Å²) in [4.78, 5) is 2.05. The van der Waals surface area contributed by atoms with Crippen LogP contribution in [0.1, 0.15) is 13.3 Å². The fraction of sp³-hybridized carbons (Fsp3) is 1.00. The normalized spacial score (nSPS) is 19.9. The largest absolute Gasteiger partial charge is 0.314 e. The van der Waals surface area contributed by atoms with Gasteiger partial charge in [0.25, 0.3) is 0 Å². The third-order valence-corrected chi connectivity index (χ3v) is 4.02. The first-order chi connectivity index (χ1) is 6.05. The lowest BCUT2D eigenvalue weighted by molar-refractivity contribution is 0.214. The minimum absolute atomic E-state index is 0. The molecule has 1 aliphatic rings. The summed E-state index contributed by atoms with van der Waals surface area (Å²) in [5, 5.41) is 2.93. The lowest BCUT2D eigenvalue weighted by atomic mass is 10.3. The monoisotopic (exact) mass is 278 g/mol.